The van der Waals surface area contributed by atoms with E-state index >= 15 is 0 Å². The van der Waals surface area contributed by atoms with Gasteiger partial charge in [-0.15, -0.1) is 11.8 Å². The van der Waals surface area contributed by atoms with Crippen LogP contribution in [-0.4, -0.2) is 10.2 Å². The third-order valence-corrected chi connectivity index (χ3v) is 3.08. The second-order valence-corrected chi connectivity index (χ2v) is 5.26. The molecule has 0 saturated heterocycles. The molecule has 15 heavy (non-hydrogen) atoms. The smallest absolute Gasteiger partial charge is 0.205 e. The number of nitrogens with two attached hydrogens (primary N) is 1. The van der Waals surface area contributed by atoms with E-state index in [9.17, 15) is 0 Å². The zero-order chi connectivity index (χ0) is 10.8. The van der Waals surface area contributed by atoms with E-state index in [2.05, 4.69) is 18.8 Å². The molecule has 2 N–H and O–H groups in total. The molecule has 0 fully saturated rings. The topological polar surface area (TPSA) is 52.0 Å². The van der Waals surface area contributed by atoms with Crippen LogP contribution in [-0.2, 0) is 5.75 Å². The molecule has 3 nitrogen and oxygen atoms in total. The molecular weight excluding hydrogens is 208 g/mol. The minimum absolute atomic E-state index is 0.588. The van der Waals surface area contributed by atoms with Gasteiger partial charge in [-0.05, 0) is 23.4 Å². The summed E-state index contributed by atoms with van der Waals surface area (Å²) in [6.45, 7) is 4.32. The number of benzene rings is 1. The zero-order valence-electron chi connectivity index (χ0n) is 8.86. The lowest BCUT2D eigenvalue weighted by Gasteiger charge is -1.99. The van der Waals surface area contributed by atoms with Crippen LogP contribution in [0.2, 0.25) is 0 Å². The van der Waals surface area contributed by atoms with Gasteiger partial charge in [0.2, 0.25) is 5.89 Å². The number of thioether (sulfide) groups is 1. The maximum atomic E-state index is 5.67. The van der Waals surface area contributed by atoms with E-state index in [0.717, 1.165) is 28.4 Å². The normalized spacial score (nSPS) is 11.4. The summed E-state index contributed by atoms with van der Waals surface area (Å²) in [6.07, 6.45) is 0. The molecular formula is C11H14N2OS. The number of oxazole rings is 1. The summed E-state index contributed by atoms with van der Waals surface area (Å²) < 4.78 is 5.59. The fourth-order valence-corrected chi connectivity index (χ4v) is 1.89. The summed E-state index contributed by atoms with van der Waals surface area (Å²) in [4.78, 5) is 4.38. The van der Waals surface area contributed by atoms with E-state index in [1.54, 1.807) is 0 Å². The number of hydrogen-bond donors (Lipinski definition) is 1. The van der Waals surface area contributed by atoms with Crippen LogP contribution < -0.4 is 5.73 Å². The first-order valence-electron chi connectivity index (χ1n) is 4.91. The molecule has 0 radical (unpaired) electrons. The number of anilines is 1. The van der Waals surface area contributed by atoms with Gasteiger partial charge in [0.1, 0.15) is 5.52 Å². The van der Waals surface area contributed by atoms with Crippen molar-refractivity contribution >= 4 is 28.5 Å². The fourth-order valence-electron chi connectivity index (χ4n) is 1.29. The molecule has 4 heteroatoms. The lowest BCUT2D eigenvalue weighted by atomic mass is 10.3. The Labute approximate surface area is 93.0 Å². The quantitative estimate of drug-likeness (QED) is 0.811. The van der Waals surface area contributed by atoms with Crippen molar-refractivity contribution < 1.29 is 4.42 Å². The van der Waals surface area contributed by atoms with Crippen molar-refractivity contribution in [2.75, 3.05) is 5.73 Å². The molecule has 0 bridgehead atoms. The number of nitrogen functional groups attached to an aromatic ring is 1. The molecule has 80 valence electrons. The molecule has 0 aliphatic rings. The van der Waals surface area contributed by atoms with Gasteiger partial charge in [0.25, 0.3) is 0 Å². The van der Waals surface area contributed by atoms with E-state index in [1.165, 1.54) is 0 Å². The standard InChI is InChI=1S/C11H14N2OS/c1-7(2)15-6-11-13-9-5-8(12)3-4-10(9)14-11/h3-5,7H,6,12H2,1-2H3. The Morgan fingerprint density at radius 1 is 1.47 bits per heavy atom. The number of aromatic nitrogens is 1. The molecule has 2 aromatic rings. The van der Waals surface area contributed by atoms with Crippen molar-refractivity contribution in [1.82, 2.24) is 4.98 Å². The number of hydrogen-bond acceptors (Lipinski definition) is 4. The summed E-state index contributed by atoms with van der Waals surface area (Å²) in [6, 6.07) is 5.52. The van der Waals surface area contributed by atoms with Crippen LogP contribution in [0.25, 0.3) is 11.1 Å². The Balaban J connectivity index is 2.23. The van der Waals surface area contributed by atoms with Crippen molar-refractivity contribution in [2.24, 2.45) is 0 Å². The molecule has 2 rings (SSSR count). The lowest BCUT2D eigenvalue weighted by molar-refractivity contribution is 0.556. The van der Waals surface area contributed by atoms with E-state index < -0.39 is 0 Å². The largest absolute Gasteiger partial charge is 0.440 e. The summed E-state index contributed by atoms with van der Waals surface area (Å²) in [5.41, 5.74) is 8.04. The van der Waals surface area contributed by atoms with Crippen LogP contribution in [0.5, 0.6) is 0 Å². The maximum absolute atomic E-state index is 5.67. The van der Waals surface area contributed by atoms with Gasteiger partial charge >= 0.3 is 0 Å². The highest BCUT2D eigenvalue weighted by atomic mass is 32.2. The van der Waals surface area contributed by atoms with Crippen LogP contribution in [0.1, 0.15) is 19.7 Å². The maximum Gasteiger partial charge on any atom is 0.205 e. The Bertz CT molecular complexity index is 465. The molecule has 0 saturated carbocycles. The number of nitrogens with zero attached hydrogens (tertiary/aromatic N) is 1. The molecule has 0 amide bonds. The summed E-state index contributed by atoms with van der Waals surface area (Å²) in [5, 5.41) is 0.588. The van der Waals surface area contributed by atoms with Crippen LogP contribution in [0, 0.1) is 0 Å². The van der Waals surface area contributed by atoms with E-state index in [0.29, 0.717) is 5.25 Å². The van der Waals surface area contributed by atoms with Crippen molar-refractivity contribution in [3.8, 4) is 0 Å². The lowest BCUT2D eigenvalue weighted by Crippen LogP contribution is -1.88. The molecule has 1 aromatic carbocycles. The van der Waals surface area contributed by atoms with Crippen molar-refractivity contribution in [2.45, 2.75) is 24.9 Å². The van der Waals surface area contributed by atoms with Crippen LogP contribution in [0.4, 0.5) is 5.69 Å². The van der Waals surface area contributed by atoms with Crippen molar-refractivity contribution in [3.05, 3.63) is 24.1 Å². The Kier molecular flexibility index (Phi) is 2.86. The molecule has 1 aromatic heterocycles. The summed E-state index contributed by atoms with van der Waals surface area (Å²) in [7, 11) is 0. The van der Waals surface area contributed by atoms with Crippen LogP contribution in [0.15, 0.2) is 22.6 Å². The minimum atomic E-state index is 0.588. The second-order valence-electron chi connectivity index (χ2n) is 3.69. The predicted molar refractivity (Wildman–Crippen MR) is 64.9 cm³/mol. The van der Waals surface area contributed by atoms with Gasteiger partial charge in [0.05, 0.1) is 5.75 Å². The average Bonchev–Trinajstić information content (AvgIpc) is 2.56. The first-order valence-corrected chi connectivity index (χ1v) is 5.96. The monoisotopic (exact) mass is 222 g/mol. The Morgan fingerprint density at radius 3 is 3.00 bits per heavy atom. The Hall–Kier alpha value is -1.16. The first-order chi connectivity index (χ1) is 7.15. The average molecular weight is 222 g/mol. The van der Waals surface area contributed by atoms with Gasteiger partial charge in [-0.2, -0.15) is 0 Å². The van der Waals surface area contributed by atoms with Crippen molar-refractivity contribution in [1.29, 1.82) is 0 Å². The van der Waals surface area contributed by atoms with Crippen molar-refractivity contribution in [3.63, 3.8) is 0 Å². The highest BCUT2D eigenvalue weighted by Crippen LogP contribution is 2.22. The molecule has 0 aliphatic carbocycles. The predicted octanol–water partition coefficient (Wildman–Crippen LogP) is 3.05. The van der Waals surface area contributed by atoms with Crippen LogP contribution in [0.3, 0.4) is 0 Å². The van der Waals surface area contributed by atoms with E-state index in [-0.39, 0.29) is 0 Å². The Morgan fingerprint density at radius 2 is 2.27 bits per heavy atom. The van der Waals surface area contributed by atoms with E-state index in [4.69, 9.17) is 10.2 Å². The van der Waals surface area contributed by atoms with E-state index in [1.807, 2.05) is 30.0 Å². The van der Waals surface area contributed by atoms with Gasteiger partial charge in [0, 0.05) is 5.69 Å². The molecule has 1 heterocycles. The summed E-state index contributed by atoms with van der Waals surface area (Å²) >= 11 is 1.82. The minimum Gasteiger partial charge on any atom is -0.440 e. The SMILES string of the molecule is CC(C)SCc1nc2cc(N)ccc2o1. The highest BCUT2D eigenvalue weighted by Gasteiger charge is 2.06. The number of rotatable bonds is 3. The third kappa shape index (κ3) is 2.45. The van der Waals surface area contributed by atoms with Gasteiger partial charge in [0.15, 0.2) is 5.58 Å². The fraction of sp³-hybridized carbons (Fsp3) is 0.364. The second kappa shape index (κ2) is 4.14. The number of fused-ring (bicyclic) bond motifs is 1. The first kappa shape index (κ1) is 10.4. The zero-order valence-corrected chi connectivity index (χ0v) is 9.67. The third-order valence-electron chi connectivity index (χ3n) is 2.00. The van der Waals surface area contributed by atoms with Gasteiger partial charge in [-0.25, -0.2) is 4.98 Å². The molecule has 0 unspecified atom stereocenters. The van der Waals surface area contributed by atoms with Gasteiger partial charge in [-0.1, -0.05) is 13.8 Å². The van der Waals surface area contributed by atoms with Gasteiger partial charge in [-0.3, -0.25) is 0 Å². The van der Waals surface area contributed by atoms with Gasteiger partial charge < -0.3 is 10.2 Å². The molecule has 0 spiro atoms. The van der Waals surface area contributed by atoms with Crippen LogP contribution >= 0.6 is 11.8 Å². The highest BCUT2D eigenvalue weighted by molar-refractivity contribution is 7.99. The molecule has 0 atom stereocenters. The summed E-state index contributed by atoms with van der Waals surface area (Å²) in [5.74, 6) is 1.58. The molecule has 0 aliphatic heterocycles.